The molecule has 0 saturated carbocycles. The summed E-state index contributed by atoms with van der Waals surface area (Å²) in [7, 11) is 2.25. The quantitative estimate of drug-likeness (QED) is 0.876. The Labute approximate surface area is 117 Å². The van der Waals surface area contributed by atoms with E-state index in [-0.39, 0.29) is 0 Å². The van der Waals surface area contributed by atoms with Gasteiger partial charge in [0.1, 0.15) is 0 Å². The maximum absolute atomic E-state index is 3.94. The Bertz CT molecular complexity index is 429. The summed E-state index contributed by atoms with van der Waals surface area (Å²) in [6.07, 6.45) is 6.47. The SMILES string of the molecule is CC1CC(NC2CCCc3ccccc32)CCN1C. The number of aryl methyl sites for hydroxylation is 1. The molecular weight excluding hydrogens is 232 g/mol. The molecule has 1 fully saturated rings. The van der Waals surface area contributed by atoms with Gasteiger partial charge in [-0.3, -0.25) is 0 Å². The van der Waals surface area contributed by atoms with Gasteiger partial charge in [-0.05, 0) is 63.7 Å². The van der Waals surface area contributed by atoms with E-state index in [4.69, 9.17) is 0 Å². The molecule has 0 spiro atoms. The van der Waals surface area contributed by atoms with Crippen molar-refractivity contribution in [2.75, 3.05) is 13.6 Å². The third-order valence-electron chi connectivity index (χ3n) is 5.01. The molecule has 1 aliphatic heterocycles. The third kappa shape index (κ3) is 2.85. The zero-order chi connectivity index (χ0) is 13.2. The van der Waals surface area contributed by atoms with Crippen LogP contribution in [0.2, 0.25) is 0 Å². The molecule has 2 heteroatoms. The van der Waals surface area contributed by atoms with Gasteiger partial charge in [0.15, 0.2) is 0 Å². The largest absolute Gasteiger partial charge is 0.307 e. The van der Waals surface area contributed by atoms with Crippen LogP contribution >= 0.6 is 0 Å². The standard InChI is InChI=1S/C17H26N2/c1-13-12-15(10-11-19(13)2)18-17-9-5-7-14-6-3-4-8-16(14)17/h3-4,6,8,13,15,17-18H,5,7,9-12H2,1-2H3. The normalized spacial score (nSPS) is 32.0. The first-order valence-corrected chi connectivity index (χ1v) is 7.78. The lowest BCUT2D eigenvalue weighted by molar-refractivity contribution is 0.160. The Hall–Kier alpha value is -0.860. The smallest absolute Gasteiger partial charge is 0.0325 e. The van der Waals surface area contributed by atoms with Gasteiger partial charge in [0.05, 0.1) is 0 Å². The lowest BCUT2D eigenvalue weighted by Crippen LogP contribution is -2.46. The van der Waals surface area contributed by atoms with Crippen LogP contribution in [-0.4, -0.2) is 30.6 Å². The van der Waals surface area contributed by atoms with Crippen molar-refractivity contribution in [3.8, 4) is 0 Å². The fraction of sp³-hybridized carbons (Fsp3) is 0.647. The van der Waals surface area contributed by atoms with Crippen molar-refractivity contribution in [2.24, 2.45) is 0 Å². The first-order valence-electron chi connectivity index (χ1n) is 7.78. The summed E-state index contributed by atoms with van der Waals surface area (Å²) >= 11 is 0. The highest BCUT2D eigenvalue weighted by Gasteiger charge is 2.27. The van der Waals surface area contributed by atoms with Gasteiger partial charge in [-0.25, -0.2) is 0 Å². The average molecular weight is 258 g/mol. The molecule has 2 aliphatic rings. The maximum Gasteiger partial charge on any atom is 0.0325 e. The summed E-state index contributed by atoms with van der Waals surface area (Å²) in [6.45, 7) is 3.58. The number of hydrogen-bond acceptors (Lipinski definition) is 2. The van der Waals surface area contributed by atoms with Crippen LogP contribution in [0.5, 0.6) is 0 Å². The fourth-order valence-electron chi connectivity index (χ4n) is 3.65. The summed E-state index contributed by atoms with van der Waals surface area (Å²) < 4.78 is 0. The highest BCUT2D eigenvalue weighted by atomic mass is 15.1. The summed E-state index contributed by atoms with van der Waals surface area (Å²) in [5, 5.41) is 3.94. The van der Waals surface area contributed by atoms with Crippen LogP contribution in [0.3, 0.4) is 0 Å². The van der Waals surface area contributed by atoms with Gasteiger partial charge >= 0.3 is 0 Å². The predicted octanol–water partition coefficient (Wildman–Crippen LogP) is 3.14. The summed E-state index contributed by atoms with van der Waals surface area (Å²) in [5.41, 5.74) is 3.12. The van der Waals surface area contributed by atoms with Crippen molar-refractivity contribution in [1.29, 1.82) is 0 Å². The van der Waals surface area contributed by atoms with Gasteiger partial charge in [0.25, 0.3) is 0 Å². The average Bonchev–Trinajstić information content (AvgIpc) is 2.43. The van der Waals surface area contributed by atoms with E-state index in [1.54, 1.807) is 11.1 Å². The Morgan fingerprint density at radius 1 is 1.21 bits per heavy atom. The van der Waals surface area contributed by atoms with Gasteiger partial charge in [-0.15, -0.1) is 0 Å². The van der Waals surface area contributed by atoms with E-state index >= 15 is 0 Å². The Morgan fingerprint density at radius 2 is 2.05 bits per heavy atom. The highest BCUT2D eigenvalue weighted by Crippen LogP contribution is 2.31. The van der Waals surface area contributed by atoms with Crippen LogP contribution < -0.4 is 5.32 Å². The third-order valence-corrected chi connectivity index (χ3v) is 5.01. The van der Waals surface area contributed by atoms with E-state index in [9.17, 15) is 0 Å². The van der Waals surface area contributed by atoms with Crippen molar-refractivity contribution in [3.63, 3.8) is 0 Å². The minimum Gasteiger partial charge on any atom is -0.307 e. The summed E-state index contributed by atoms with van der Waals surface area (Å²) in [5.74, 6) is 0. The van der Waals surface area contributed by atoms with E-state index in [1.807, 2.05) is 0 Å². The van der Waals surface area contributed by atoms with Gasteiger partial charge < -0.3 is 10.2 Å². The molecular formula is C17H26N2. The number of nitrogens with zero attached hydrogens (tertiary/aromatic N) is 1. The molecule has 0 amide bonds. The molecule has 2 nitrogen and oxygen atoms in total. The second-order valence-electron chi connectivity index (χ2n) is 6.36. The zero-order valence-electron chi connectivity index (χ0n) is 12.2. The Balaban J connectivity index is 1.68. The van der Waals surface area contributed by atoms with E-state index in [2.05, 4.69) is 48.5 Å². The van der Waals surface area contributed by atoms with Gasteiger partial charge in [0.2, 0.25) is 0 Å². The molecule has 1 heterocycles. The van der Waals surface area contributed by atoms with Crippen LogP contribution in [0.15, 0.2) is 24.3 Å². The minimum absolute atomic E-state index is 0.588. The molecule has 1 aliphatic carbocycles. The van der Waals surface area contributed by atoms with Crippen LogP contribution in [0.4, 0.5) is 0 Å². The molecule has 3 atom stereocenters. The van der Waals surface area contributed by atoms with Gasteiger partial charge in [-0.1, -0.05) is 24.3 Å². The summed E-state index contributed by atoms with van der Waals surface area (Å²) in [4.78, 5) is 2.48. The lowest BCUT2D eigenvalue weighted by atomic mass is 9.86. The van der Waals surface area contributed by atoms with E-state index in [0.717, 1.165) is 0 Å². The van der Waals surface area contributed by atoms with Crippen molar-refractivity contribution in [2.45, 2.75) is 57.2 Å². The number of fused-ring (bicyclic) bond motifs is 1. The van der Waals surface area contributed by atoms with Crippen molar-refractivity contribution >= 4 is 0 Å². The molecule has 1 aromatic carbocycles. The van der Waals surface area contributed by atoms with Crippen LogP contribution in [0.25, 0.3) is 0 Å². The second kappa shape index (κ2) is 5.64. The number of hydrogen-bond donors (Lipinski definition) is 1. The maximum atomic E-state index is 3.94. The van der Waals surface area contributed by atoms with E-state index in [0.29, 0.717) is 18.1 Å². The first kappa shape index (κ1) is 13.1. The molecule has 3 rings (SSSR count). The van der Waals surface area contributed by atoms with Crippen LogP contribution in [0, 0.1) is 0 Å². The highest BCUT2D eigenvalue weighted by molar-refractivity contribution is 5.32. The topological polar surface area (TPSA) is 15.3 Å². The van der Waals surface area contributed by atoms with Crippen molar-refractivity contribution in [3.05, 3.63) is 35.4 Å². The Morgan fingerprint density at radius 3 is 2.89 bits per heavy atom. The lowest BCUT2D eigenvalue weighted by Gasteiger charge is -2.38. The van der Waals surface area contributed by atoms with Crippen molar-refractivity contribution in [1.82, 2.24) is 10.2 Å². The predicted molar refractivity (Wildman–Crippen MR) is 80.4 cm³/mol. The molecule has 1 saturated heterocycles. The van der Waals surface area contributed by atoms with Crippen LogP contribution in [0.1, 0.15) is 49.8 Å². The molecule has 0 aromatic heterocycles. The number of benzene rings is 1. The monoisotopic (exact) mass is 258 g/mol. The molecule has 104 valence electrons. The molecule has 1 N–H and O–H groups in total. The summed E-state index contributed by atoms with van der Waals surface area (Å²) in [6, 6.07) is 11.0. The number of nitrogens with one attached hydrogen (secondary N) is 1. The second-order valence-corrected chi connectivity index (χ2v) is 6.36. The van der Waals surface area contributed by atoms with Crippen LogP contribution in [-0.2, 0) is 6.42 Å². The van der Waals surface area contributed by atoms with Gasteiger partial charge in [0, 0.05) is 18.1 Å². The molecule has 0 radical (unpaired) electrons. The van der Waals surface area contributed by atoms with Gasteiger partial charge in [-0.2, -0.15) is 0 Å². The Kier molecular flexibility index (Phi) is 3.90. The van der Waals surface area contributed by atoms with E-state index in [1.165, 1.54) is 38.6 Å². The number of rotatable bonds is 2. The molecule has 1 aromatic rings. The molecule has 19 heavy (non-hydrogen) atoms. The first-order chi connectivity index (χ1) is 9.24. The molecule has 3 unspecified atom stereocenters. The number of piperidine rings is 1. The molecule has 0 bridgehead atoms. The van der Waals surface area contributed by atoms with Crippen molar-refractivity contribution < 1.29 is 0 Å². The zero-order valence-corrected chi connectivity index (χ0v) is 12.2. The minimum atomic E-state index is 0.588. The number of likely N-dealkylation sites (tertiary alicyclic amines) is 1. The van der Waals surface area contributed by atoms with E-state index < -0.39 is 0 Å². The fourth-order valence-corrected chi connectivity index (χ4v) is 3.65.